The molecule has 3 rings (SSSR count). The Bertz CT molecular complexity index is 1130. The van der Waals surface area contributed by atoms with Gasteiger partial charge in [0.2, 0.25) is 0 Å². The van der Waals surface area contributed by atoms with Gasteiger partial charge in [0.15, 0.2) is 0 Å². The van der Waals surface area contributed by atoms with Gasteiger partial charge in [-0.25, -0.2) is 5.43 Å². The van der Waals surface area contributed by atoms with E-state index in [4.69, 9.17) is 32.7 Å². The molecule has 9 heteroatoms. The highest BCUT2D eigenvalue weighted by Crippen LogP contribution is 2.26. The number of benzene rings is 3. The zero-order chi connectivity index (χ0) is 22.9. The van der Waals surface area contributed by atoms with Gasteiger partial charge in [0.1, 0.15) is 18.1 Å². The number of rotatable bonds is 7. The third-order valence-corrected chi connectivity index (χ3v) is 4.92. The topological polar surface area (TPSA) is 89.0 Å². The Morgan fingerprint density at radius 2 is 1.62 bits per heavy atom. The van der Waals surface area contributed by atoms with Gasteiger partial charge in [-0.05, 0) is 42.0 Å². The monoisotopic (exact) mass is 471 g/mol. The average Bonchev–Trinajstić information content (AvgIpc) is 2.79. The number of hydrazone groups is 1. The molecule has 2 N–H and O–H groups in total. The van der Waals surface area contributed by atoms with E-state index in [2.05, 4.69) is 15.8 Å². The minimum Gasteiger partial charge on any atom is -0.497 e. The average molecular weight is 472 g/mol. The van der Waals surface area contributed by atoms with Crippen LogP contribution in [-0.2, 0) is 16.2 Å². The van der Waals surface area contributed by atoms with Crippen molar-refractivity contribution in [1.82, 2.24) is 5.43 Å². The Labute approximate surface area is 194 Å². The van der Waals surface area contributed by atoms with Gasteiger partial charge in [-0.1, -0.05) is 47.5 Å². The van der Waals surface area contributed by atoms with Crippen LogP contribution in [0.5, 0.6) is 11.5 Å². The van der Waals surface area contributed by atoms with Crippen molar-refractivity contribution >= 4 is 46.9 Å². The maximum Gasteiger partial charge on any atom is 0.329 e. The normalized spacial score (nSPS) is 10.6. The number of nitrogens with one attached hydrogen (secondary N) is 2. The first-order valence-electron chi connectivity index (χ1n) is 9.40. The van der Waals surface area contributed by atoms with Crippen LogP contribution in [0.3, 0.4) is 0 Å². The number of carbonyl (C=O) groups excluding carboxylic acids is 2. The van der Waals surface area contributed by atoms with Gasteiger partial charge in [0.05, 0.1) is 13.3 Å². The number of halogens is 2. The molecule has 0 bridgehead atoms. The van der Waals surface area contributed by atoms with Crippen LogP contribution in [0.4, 0.5) is 5.69 Å². The standard InChI is InChI=1S/C23H19Cl2N3O4/c1-31-17-7-3-6-16(12-17)27-22(29)23(30)28-26-13-15-5-2-8-18(11-15)32-14-19-20(24)9-4-10-21(19)25/h2-13H,14H2,1H3,(H,27,29)(H,28,30)/b26-13-. The summed E-state index contributed by atoms with van der Waals surface area (Å²) in [5.74, 6) is -0.652. The Balaban J connectivity index is 1.54. The second-order valence-electron chi connectivity index (χ2n) is 6.45. The van der Waals surface area contributed by atoms with Crippen molar-refractivity contribution in [3.05, 3.63) is 87.9 Å². The van der Waals surface area contributed by atoms with Crippen molar-refractivity contribution in [1.29, 1.82) is 0 Å². The molecule has 0 aromatic heterocycles. The number of nitrogens with zero attached hydrogens (tertiary/aromatic N) is 1. The maximum atomic E-state index is 12.0. The van der Waals surface area contributed by atoms with Crippen molar-refractivity contribution in [2.45, 2.75) is 6.61 Å². The lowest BCUT2D eigenvalue weighted by Gasteiger charge is -2.10. The summed E-state index contributed by atoms with van der Waals surface area (Å²) < 4.78 is 10.8. The molecule has 2 amide bonds. The van der Waals surface area contributed by atoms with Crippen LogP contribution in [0.25, 0.3) is 0 Å². The quantitative estimate of drug-likeness (QED) is 0.297. The summed E-state index contributed by atoms with van der Waals surface area (Å²) in [5.41, 5.74) is 3.95. The van der Waals surface area contributed by atoms with Gasteiger partial charge in [0.25, 0.3) is 0 Å². The van der Waals surface area contributed by atoms with Crippen LogP contribution in [0.1, 0.15) is 11.1 Å². The summed E-state index contributed by atoms with van der Waals surface area (Å²) in [4.78, 5) is 24.0. The summed E-state index contributed by atoms with van der Waals surface area (Å²) in [5, 5.41) is 7.32. The van der Waals surface area contributed by atoms with E-state index in [9.17, 15) is 9.59 Å². The second kappa shape index (κ2) is 11.2. The van der Waals surface area contributed by atoms with E-state index >= 15 is 0 Å². The van der Waals surface area contributed by atoms with Gasteiger partial charge >= 0.3 is 11.8 Å². The molecule has 0 heterocycles. The lowest BCUT2D eigenvalue weighted by molar-refractivity contribution is -0.136. The number of hydrogen-bond acceptors (Lipinski definition) is 5. The third kappa shape index (κ3) is 6.47. The smallest absolute Gasteiger partial charge is 0.329 e. The van der Waals surface area contributed by atoms with Gasteiger partial charge in [-0.2, -0.15) is 5.10 Å². The van der Waals surface area contributed by atoms with Crippen LogP contribution >= 0.6 is 23.2 Å². The molecule has 7 nitrogen and oxygen atoms in total. The summed E-state index contributed by atoms with van der Waals surface area (Å²) in [6.45, 7) is 0.195. The molecule has 3 aromatic carbocycles. The second-order valence-corrected chi connectivity index (χ2v) is 7.26. The number of methoxy groups -OCH3 is 1. The molecule has 0 atom stereocenters. The van der Waals surface area contributed by atoms with Crippen molar-refractivity contribution in [2.75, 3.05) is 12.4 Å². The fraction of sp³-hybridized carbons (Fsp3) is 0.0870. The molecule has 0 aliphatic carbocycles. The molecule has 32 heavy (non-hydrogen) atoms. The molecule has 0 aliphatic rings. The molecule has 0 saturated heterocycles. The van der Waals surface area contributed by atoms with E-state index in [0.717, 1.165) is 0 Å². The number of anilines is 1. The Morgan fingerprint density at radius 1 is 0.938 bits per heavy atom. The fourth-order valence-corrected chi connectivity index (χ4v) is 3.12. The van der Waals surface area contributed by atoms with Crippen molar-refractivity contribution in [2.24, 2.45) is 5.10 Å². The van der Waals surface area contributed by atoms with Crippen LogP contribution in [-0.4, -0.2) is 25.1 Å². The van der Waals surface area contributed by atoms with E-state index in [1.54, 1.807) is 66.7 Å². The van der Waals surface area contributed by atoms with Gasteiger partial charge in [0, 0.05) is 27.4 Å². The SMILES string of the molecule is COc1cccc(NC(=O)C(=O)N/N=C\c2cccc(OCc3c(Cl)cccc3Cl)c2)c1. The molecule has 164 valence electrons. The van der Waals surface area contributed by atoms with Crippen molar-refractivity contribution in [3.8, 4) is 11.5 Å². The Kier molecular flexibility index (Phi) is 8.08. The summed E-state index contributed by atoms with van der Waals surface area (Å²) in [7, 11) is 1.51. The maximum absolute atomic E-state index is 12.0. The minimum absolute atomic E-state index is 0.195. The molecular formula is C23H19Cl2N3O4. The molecule has 0 aliphatic heterocycles. The third-order valence-electron chi connectivity index (χ3n) is 4.22. The van der Waals surface area contributed by atoms with Crippen LogP contribution in [0.2, 0.25) is 10.0 Å². The molecule has 3 aromatic rings. The van der Waals surface area contributed by atoms with Gasteiger partial charge in [-0.3, -0.25) is 9.59 Å². The first kappa shape index (κ1) is 23.1. The molecule has 0 unspecified atom stereocenters. The Morgan fingerprint density at radius 3 is 2.38 bits per heavy atom. The fourth-order valence-electron chi connectivity index (χ4n) is 2.62. The number of carbonyl (C=O) groups is 2. The van der Waals surface area contributed by atoms with Crippen LogP contribution < -0.4 is 20.2 Å². The summed E-state index contributed by atoms with van der Waals surface area (Å²) in [6, 6.07) is 18.9. The molecule has 0 spiro atoms. The van der Waals surface area contributed by atoms with E-state index in [-0.39, 0.29) is 6.61 Å². The van der Waals surface area contributed by atoms with E-state index in [1.165, 1.54) is 13.3 Å². The number of hydrogen-bond donors (Lipinski definition) is 2. The van der Waals surface area contributed by atoms with Crippen molar-refractivity contribution < 1.29 is 19.1 Å². The van der Waals surface area contributed by atoms with E-state index < -0.39 is 11.8 Å². The largest absolute Gasteiger partial charge is 0.497 e. The lowest BCUT2D eigenvalue weighted by atomic mass is 10.2. The number of amides is 2. The first-order chi connectivity index (χ1) is 15.5. The number of ether oxygens (including phenoxy) is 2. The first-order valence-corrected chi connectivity index (χ1v) is 10.2. The van der Waals surface area contributed by atoms with Gasteiger partial charge < -0.3 is 14.8 Å². The zero-order valence-corrected chi connectivity index (χ0v) is 18.5. The molecular weight excluding hydrogens is 453 g/mol. The minimum atomic E-state index is -0.912. The summed E-state index contributed by atoms with van der Waals surface area (Å²) >= 11 is 12.3. The highest BCUT2D eigenvalue weighted by molar-refractivity contribution is 6.39. The Hall–Kier alpha value is -3.55. The van der Waals surface area contributed by atoms with Crippen LogP contribution in [0, 0.1) is 0 Å². The van der Waals surface area contributed by atoms with Gasteiger partial charge in [-0.15, -0.1) is 0 Å². The highest BCUT2D eigenvalue weighted by Gasteiger charge is 2.13. The zero-order valence-electron chi connectivity index (χ0n) is 17.0. The molecule has 0 fully saturated rings. The predicted molar refractivity (Wildman–Crippen MR) is 125 cm³/mol. The van der Waals surface area contributed by atoms with Crippen molar-refractivity contribution in [3.63, 3.8) is 0 Å². The summed E-state index contributed by atoms with van der Waals surface area (Å²) in [6.07, 6.45) is 1.39. The van der Waals surface area contributed by atoms with E-state index in [0.29, 0.717) is 38.4 Å². The highest BCUT2D eigenvalue weighted by atomic mass is 35.5. The lowest BCUT2D eigenvalue weighted by Crippen LogP contribution is -2.32. The van der Waals surface area contributed by atoms with Crippen LogP contribution in [0.15, 0.2) is 71.8 Å². The predicted octanol–water partition coefficient (Wildman–Crippen LogP) is 4.67. The molecule has 0 saturated carbocycles. The van der Waals surface area contributed by atoms with E-state index in [1.807, 2.05) is 0 Å². The molecule has 0 radical (unpaired) electrons.